The quantitative estimate of drug-likeness (QED) is 0.129. The van der Waals surface area contributed by atoms with Gasteiger partial charge in [-0.15, -0.1) is 9.32 Å². The van der Waals surface area contributed by atoms with E-state index in [1.807, 2.05) is 60.7 Å². The second-order valence-corrected chi connectivity index (χ2v) is 10.4. The van der Waals surface area contributed by atoms with Crippen LogP contribution in [0.1, 0.15) is 29.7 Å². The summed E-state index contributed by atoms with van der Waals surface area (Å²) in [5.74, 6) is 0. The Kier molecular flexibility index (Phi) is 10.2. The lowest BCUT2D eigenvalue weighted by molar-refractivity contribution is -0.253. The molecule has 37 heavy (non-hydrogen) atoms. The van der Waals surface area contributed by atoms with Gasteiger partial charge in [0.25, 0.3) is 0 Å². The van der Waals surface area contributed by atoms with Crippen molar-refractivity contribution in [2.45, 2.75) is 49.7 Å². The van der Waals surface area contributed by atoms with Gasteiger partial charge in [-0.05, 0) is 54.3 Å². The van der Waals surface area contributed by atoms with Crippen LogP contribution in [0.25, 0.3) is 0 Å². The maximum absolute atomic E-state index is 13.2. The molecule has 4 rings (SSSR count). The van der Waals surface area contributed by atoms with E-state index >= 15 is 0 Å². The van der Waals surface area contributed by atoms with Crippen LogP contribution >= 0.6 is 12.0 Å². The maximum atomic E-state index is 13.2. The fourth-order valence-corrected chi connectivity index (χ4v) is 5.67. The van der Waals surface area contributed by atoms with Crippen molar-refractivity contribution in [1.82, 2.24) is 10.8 Å². The van der Waals surface area contributed by atoms with Gasteiger partial charge in [0.15, 0.2) is 0 Å². The van der Waals surface area contributed by atoms with E-state index in [9.17, 15) is 17.4 Å². The summed E-state index contributed by atoms with van der Waals surface area (Å²) >= 11 is -0.725. The number of benzene rings is 3. The van der Waals surface area contributed by atoms with Gasteiger partial charge in [-0.3, -0.25) is 0 Å². The second-order valence-electron chi connectivity index (χ2n) is 8.19. The number of halogens is 3. The minimum absolute atomic E-state index is 0. The Morgan fingerprint density at radius 1 is 0.946 bits per heavy atom. The molecule has 0 fully saturated rings. The molecule has 1 aliphatic heterocycles. The van der Waals surface area contributed by atoms with E-state index in [-0.39, 0.29) is 14.0 Å². The molecule has 1 heterocycles. The Hall–Kier alpha value is -2.41. The van der Waals surface area contributed by atoms with Crippen molar-refractivity contribution in [2.24, 2.45) is 0 Å². The minimum Gasteiger partial charge on any atom is -0.338 e. The average Bonchev–Trinajstić information content (AvgIpc) is 2.85. The first kappa shape index (κ1) is 29.2. The van der Waals surface area contributed by atoms with Gasteiger partial charge in [0.05, 0.1) is 32.0 Å². The summed E-state index contributed by atoms with van der Waals surface area (Å²) in [4.78, 5) is 8.25. The summed E-state index contributed by atoms with van der Waals surface area (Å²) in [6.45, 7) is 6.15. The summed E-state index contributed by atoms with van der Waals surface area (Å²) in [6.07, 6.45) is 0. The van der Waals surface area contributed by atoms with Gasteiger partial charge in [-0.25, -0.2) is 4.21 Å². The average molecular weight is 554 g/mol. The molecular formula is C26H30F3N3O3S2. The number of hydroxylamine groups is 1. The first-order valence-electron chi connectivity index (χ1n) is 11.2. The van der Waals surface area contributed by atoms with E-state index < -0.39 is 28.4 Å². The third-order valence-electron chi connectivity index (χ3n) is 5.92. The van der Waals surface area contributed by atoms with Crippen molar-refractivity contribution in [3.05, 3.63) is 82.9 Å². The Morgan fingerprint density at radius 3 is 2.35 bits per heavy atom. The second kappa shape index (κ2) is 12.9. The van der Waals surface area contributed by atoms with Crippen molar-refractivity contribution in [3.63, 3.8) is 0 Å². The SMILES string of the molecule is C.Cc1ccc2c(c1C)N(CCNCc1ccccc1CNOOSC(F)(F)F)c1ccccc1S2=O. The fraction of sp³-hybridized carbons (Fsp3) is 0.308. The van der Waals surface area contributed by atoms with E-state index in [4.69, 9.17) is 0 Å². The van der Waals surface area contributed by atoms with E-state index in [1.54, 1.807) is 0 Å². The van der Waals surface area contributed by atoms with Crippen LogP contribution in [0.5, 0.6) is 0 Å². The smallest absolute Gasteiger partial charge is 0.338 e. The highest BCUT2D eigenvalue weighted by Gasteiger charge is 2.31. The summed E-state index contributed by atoms with van der Waals surface area (Å²) in [6, 6.07) is 19.3. The lowest BCUT2D eigenvalue weighted by atomic mass is 10.1. The zero-order valence-electron chi connectivity index (χ0n) is 19.7. The minimum atomic E-state index is -4.54. The number of hydrogen-bond donors (Lipinski definition) is 2. The number of nitrogens with zero attached hydrogens (tertiary/aromatic N) is 1. The number of nitrogens with one attached hydrogen (secondary N) is 2. The molecule has 3 aromatic carbocycles. The number of para-hydroxylation sites is 1. The predicted molar refractivity (Wildman–Crippen MR) is 142 cm³/mol. The molecule has 1 aliphatic rings. The molecule has 2 N–H and O–H groups in total. The Morgan fingerprint density at radius 2 is 1.62 bits per heavy atom. The largest absolute Gasteiger partial charge is 0.471 e. The molecule has 0 radical (unpaired) electrons. The third kappa shape index (κ3) is 7.13. The molecule has 0 saturated heterocycles. The van der Waals surface area contributed by atoms with E-state index in [0.717, 1.165) is 43.4 Å². The highest BCUT2D eigenvalue weighted by molar-refractivity contribution is 7.95. The van der Waals surface area contributed by atoms with Gasteiger partial charge in [-0.2, -0.15) is 18.7 Å². The number of anilines is 2. The summed E-state index contributed by atoms with van der Waals surface area (Å²) in [5, 5.41) is 3.45. The van der Waals surface area contributed by atoms with Crippen LogP contribution in [0.2, 0.25) is 0 Å². The van der Waals surface area contributed by atoms with Gasteiger partial charge in [-0.1, -0.05) is 49.9 Å². The van der Waals surface area contributed by atoms with Crippen LogP contribution in [0.3, 0.4) is 0 Å². The predicted octanol–water partition coefficient (Wildman–Crippen LogP) is 6.47. The Bertz CT molecular complexity index is 1240. The zero-order valence-corrected chi connectivity index (χ0v) is 21.4. The van der Waals surface area contributed by atoms with Crippen LogP contribution in [0, 0.1) is 13.8 Å². The van der Waals surface area contributed by atoms with Crippen molar-refractivity contribution < 1.29 is 26.7 Å². The maximum Gasteiger partial charge on any atom is 0.471 e. The van der Waals surface area contributed by atoms with Crippen molar-refractivity contribution in [1.29, 1.82) is 0 Å². The molecule has 1 unspecified atom stereocenters. The number of hydrogen-bond acceptors (Lipinski definition) is 7. The molecule has 200 valence electrons. The van der Waals surface area contributed by atoms with Gasteiger partial charge >= 0.3 is 5.51 Å². The fourth-order valence-electron chi connectivity index (χ4n) is 4.07. The number of fused-ring (bicyclic) bond motifs is 2. The van der Waals surface area contributed by atoms with Crippen LogP contribution < -0.4 is 15.7 Å². The van der Waals surface area contributed by atoms with E-state index in [2.05, 4.69) is 38.9 Å². The normalized spacial score (nSPS) is 14.6. The molecule has 0 aliphatic carbocycles. The number of alkyl halides is 3. The van der Waals surface area contributed by atoms with Crippen LogP contribution in [0.15, 0.2) is 70.5 Å². The van der Waals surface area contributed by atoms with Crippen LogP contribution in [-0.4, -0.2) is 22.8 Å². The first-order chi connectivity index (χ1) is 17.3. The van der Waals surface area contributed by atoms with Crippen molar-refractivity contribution in [2.75, 3.05) is 18.0 Å². The van der Waals surface area contributed by atoms with E-state index in [1.165, 1.54) is 0 Å². The highest BCUT2D eigenvalue weighted by Crippen LogP contribution is 2.44. The molecule has 3 aromatic rings. The summed E-state index contributed by atoms with van der Waals surface area (Å²) < 4.78 is 53.6. The summed E-state index contributed by atoms with van der Waals surface area (Å²) in [7, 11) is -1.23. The van der Waals surface area contributed by atoms with Gasteiger partial charge in [0, 0.05) is 26.2 Å². The lowest BCUT2D eigenvalue weighted by Crippen LogP contribution is -2.32. The van der Waals surface area contributed by atoms with Crippen LogP contribution in [0.4, 0.5) is 24.5 Å². The molecule has 0 saturated carbocycles. The van der Waals surface area contributed by atoms with Gasteiger partial charge in [0.2, 0.25) is 0 Å². The molecule has 0 amide bonds. The number of rotatable bonds is 10. The molecule has 0 aromatic heterocycles. The third-order valence-corrected chi connectivity index (χ3v) is 7.72. The number of aryl methyl sites for hydroxylation is 1. The lowest BCUT2D eigenvalue weighted by Gasteiger charge is -2.34. The molecular weight excluding hydrogens is 523 g/mol. The summed E-state index contributed by atoms with van der Waals surface area (Å²) in [5.41, 5.74) is 3.88. The topological polar surface area (TPSA) is 62.8 Å². The van der Waals surface area contributed by atoms with Crippen LogP contribution in [-0.2, 0) is 33.2 Å². The standard InChI is InChI=1S/C25H26F3N3O3S2.CH4/c1-17-11-12-23-24(18(17)2)31(21-9-5-6-10-22(21)36(23)32)14-13-29-15-19-7-3-4-8-20(19)16-30-33-34-35-25(26,27)28;/h3-12,29-30H,13-16H2,1-2H3;1H4. The van der Waals surface area contributed by atoms with Crippen molar-refractivity contribution >= 4 is 34.2 Å². The molecule has 0 spiro atoms. The van der Waals surface area contributed by atoms with E-state index in [0.29, 0.717) is 19.6 Å². The molecule has 1 atom stereocenters. The first-order valence-corrected chi connectivity index (χ1v) is 13.1. The van der Waals surface area contributed by atoms with Gasteiger partial charge < -0.3 is 10.2 Å². The molecule has 6 nitrogen and oxygen atoms in total. The van der Waals surface area contributed by atoms with Gasteiger partial charge in [0.1, 0.15) is 12.0 Å². The highest BCUT2D eigenvalue weighted by atomic mass is 32.2. The monoisotopic (exact) mass is 553 g/mol. The zero-order chi connectivity index (χ0) is 25.7. The molecule has 11 heteroatoms. The Labute approximate surface area is 222 Å². The van der Waals surface area contributed by atoms with Crippen molar-refractivity contribution in [3.8, 4) is 0 Å². The molecule has 0 bridgehead atoms. The Balaban J connectivity index is 0.00000380.